The number of oxime groups is 1. The van der Waals surface area contributed by atoms with E-state index in [9.17, 15) is 27.6 Å². The average Bonchev–Trinajstić information content (AvgIpc) is 4.09. The number of amides is 4. The molecule has 292 valence electrons. The number of nitrogens with zero attached hydrogens (tertiary/aromatic N) is 4. The van der Waals surface area contributed by atoms with Gasteiger partial charge in [0.25, 0.3) is 11.8 Å². The van der Waals surface area contributed by atoms with E-state index in [1.165, 1.54) is 4.90 Å². The minimum atomic E-state index is -3.90. The normalized spacial score (nSPS) is 26.6. The smallest absolute Gasteiger partial charge is 0.272 e. The molecule has 5 atom stereocenters. The van der Waals surface area contributed by atoms with Crippen LogP contribution in [0.4, 0.5) is 0 Å². The zero-order chi connectivity index (χ0) is 39.2. The van der Waals surface area contributed by atoms with E-state index in [1.807, 2.05) is 60.7 Å². The number of nitrogens with one attached hydrogen (secondary N) is 3. The second-order valence-corrected chi connectivity index (χ2v) is 17.4. The predicted octanol–water partition coefficient (Wildman–Crippen LogP) is 3.61. The highest BCUT2D eigenvalue weighted by molar-refractivity contribution is 7.91. The van der Waals surface area contributed by atoms with Crippen molar-refractivity contribution < 1.29 is 32.4 Å². The summed E-state index contributed by atoms with van der Waals surface area (Å²) >= 11 is 0. The van der Waals surface area contributed by atoms with E-state index >= 15 is 0 Å². The molecule has 1 saturated heterocycles. The van der Waals surface area contributed by atoms with Gasteiger partial charge in [0, 0.05) is 29.7 Å². The molecule has 1 aromatic heterocycles. The summed E-state index contributed by atoms with van der Waals surface area (Å²) in [4.78, 5) is 72.8. The zero-order valence-corrected chi connectivity index (χ0v) is 32.2. The quantitative estimate of drug-likeness (QED) is 0.186. The maximum Gasteiger partial charge on any atom is 0.272 e. The summed E-state index contributed by atoms with van der Waals surface area (Å²) in [7, 11) is -3.90. The molecule has 0 bridgehead atoms. The molecule has 2 aromatic carbocycles. The van der Waals surface area contributed by atoms with Crippen molar-refractivity contribution in [3.05, 3.63) is 95.1 Å². The largest absolute Gasteiger partial charge is 0.390 e. The Morgan fingerprint density at radius 3 is 2.36 bits per heavy atom. The van der Waals surface area contributed by atoms with Crippen molar-refractivity contribution in [3.8, 4) is 11.1 Å². The zero-order valence-electron chi connectivity index (χ0n) is 31.4. The van der Waals surface area contributed by atoms with Crippen LogP contribution < -0.4 is 15.4 Å². The molecule has 3 aromatic rings. The van der Waals surface area contributed by atoms with Crippen LogP contribution in [0.15, 0.2) is 72.0 Å². The third-order valence-electron chi connectivity index (χ3n) is 11.4. The number of carbonyl (C=O) groups is 4. The van der Waals surface area contributed by atoms with Gasteiger partial charge in [0.1, 0.15) is 35.1 Å². The minimum absolute atomic E-state index is 0.0226. The second-order valence-electron chi connectivity index (χ2n) is 15.5. The molecule has 3 fully saturated rings. The van der Waals surface area contributed by atoms with Gasteiger partial charge < -0.3 is 20.4 Å². The Morgan fingerprint density at radius 2 is 1.66 bits per heavy atom. The van der Waals surface area contributed by atoms with E-state index in [2.05, 4.69) is 30.5 Å². The minimum Gasteiger partial charge on any atom is -0.390 e. The van der Waals surface area contributed by atoms with Gasteiger partial charge in [-0.15, -0.1) is 0 Å². The van der Waals surface area contributed by atoms with Crippen LogP contribution in [0.25, 0.3) is 11.1 Å². The molecular formula is C41H45N7O7S. The van der Waals surface area contributed by atoms with Gasteiger partial charge in [-0.3, -0.25) is 28.9 Å². The van der Waals surface area contributed by atoms with Gasteiger partial charge in [-0.1, -0.05) is 78.7 Å². The van der Waals surface area contributed by atoms with E-state index in [0.717, 1.165) is 35.1 Å². The Bertz CT molecular complexity index is 2230. The highest BCUT2D eigenvalue weighted by atomic mass is 32.2. The summed E-state index contributed by atoms with van der Waals surface area (Å²) in [6, 6.07) is 13.6. The number of hydrogen-bond acceptors (Lipinski definition) is 10. The lowest BCUT2D eigenvalue weighted by molar-refractivity contribution is -0.141. The van der Waals surface area contributed by atoms with Crippen molar-refractivity contribution in [2.75, 3.05) is 6.54 Å². The molecule has 3 heterocycles. The Kier molecular flexibility index (Phi) is 9.97. The number of allylic oxidation sites excluding steroid dienone is 1. The summed E-state index contributed by atoms with van der Waals surface area (Å²) in [5.74, 6) is -2.87. The van der Waals surface area contributed by atoms with Crippen molar-refractivity contribution in [3.63, 3.8) is 0 Å². The van der Waals surface area contributed by atoms with E-state index in [-0.39, 0.29) is 25.1 Å². The van der Waals surface area contributed by atoms with Crippen LogP contribution in [0.5, 0.6) is 0 Å². The lowest BCUT2D eigenvalue weighted by atomic mass is 10.0. The first-order valence-electron chi connectivity index (χ1n) is 19.3. The summed E-state index contributed by atoms with van der Waals surface area (Å²) in [6.07, 6.45) is 9.03. The standard InChI is InChI=1S/C41H45N7O7S/c1-24-22-42-25(2)35(43-24)38(50)44-33-17-7-5-3-4-6-12-26-21-41(26,40(52)47-56(53,54)28-18-19-28)45-37(49)34-20-27(23-48(34)39(33)51)55-46-36-31-15-10-8-13-29(31)30-14-9-11-16-32(30)36/h6,8-16,22,26-28,33-34H,3-5,7,17-21,23H2,1-2H3,(H,44,50)(H,45,49)(H,47,52)/b12-6-/t26?,27-,33+,34+,41?/m1/s1. The third-order valence-corrected chi connectivity index (χ3v) is 13.2. The topological polar surface area (TPSA) is 189 Å². The number of fused-ring (bicyclic) bond motifs is 5. The molecule has 2 unspecified atom stereocenters. The molecular weight excluding hydrogens is 735 g/mol. The molecule has 2 saturated carbocycles. The van der Waals surface area contributed by atoms with Crippen molar-refractivity contribution in [2.24, 2.45) is 11.1 Å². The monoisotopic (exact) mass is 779 g/mol. The highest BCUT2D eigenvalue weighted by Gasteiger charge is 2.62. The molecule has 14 nitrogen and oxygen atoms in total. The van der Waals surface area contributed by atoms with Gasteiger partial charge in [0.2, 0.25) is 21.8 Å². The van der Waals surface area contributed by atoms with Crippen LogP contribution in [0.1, 0.15) is 90.8 Å². The maximum absolute atomic E-state index is 14.7. The van der Waals surface area contributed by atoms with E-state index in [1.54, 1.807) is 20.0 Å². The molecule has 4 amide bonds. The van der Waals surface area contributed by atoms with Gasteiger partial charge in [-0.05, 0) is 63.5 Å². The molecule has 56 heavy (non-hydrogen) atoms. The van der Waals surface area contributed by atoms with Crippen LogP contribution in [-0.2, 0) is 29.2 Å². The summed E-state index contributed by atoms with van der Waals surface area (Å²) in [6.45, 7) is 3.38. The molecule has 5 aliphatic rings. The molecule has 15 heteroatoms. The Balaban J connectivity index is 1.11. The van der Waals surface area contributed by atoms with Crippen molar-refractivity contribution in [1.82, 2.24) is 30.2 Å². The van der Waals surface area contributed by atoms with Crippen molar-refractivity contribution in [2.45, 2.75) is 101 Å². The number of hydrogen-bond donors (Lipinski definition) is 3. The molecule has 8 rings (SSSR count). The number of sulfonamides is 1. The fraction of sp³-hybridized carbons (Fsp3) is 0.439. The predicted molar refractivity (Wildman–Crippen MR) is 207 cm³/mol. The third kappa shape index (κ3) is 7.31. The van der Waals surface area contributed by atoms with Gasteiger partial charge in [-0.25, -0.2) is 13.4 Å². The van der Waals surface area contributed by atoms with Crippen LogP contribution in [0, 0.1) is 19.8 Å². The summed E-state index contributed by atoms with van der Waals surface area (Å²) in [5.41, 5.74) is 4.04. The average molecular weight is 780 g/mol. The number of carbonyl (C=O) groups excluding carboxylic acids is 4. The first-order chi connectivity index (χ1) is 26.9. The van der Waals surface area contributed by atoms with Crippen LogP contribution in [0.2, 0.25) is 0 Å². The number of aromatic nitrogens is 2. The SMILES string of the molecule is Cc1cnc(C)c(C(=O)N[C@H]2CCCCC/C=C\C3CC3(C(=O)NS(=O)(=O)C3CC3)NC(=O)[C@@H]3C[C@@H](ON=C4c5ccccc5-c5ccccc54)CN3C2=O)n1. The molecule has 2 aliphatic heterocycles. The first-order valence-corrected chi connectivity index (χ1v) is 20.9. The van der Waals surface area contributed by atoms with E-state index in [4.69, 9.17) is 4.84 Å². The summed E-state index contributed by atoms with van der Waals surface area (Å²) < 4.78 is 28.0. The lowest BCUT2D eigenvalue weighted by Gasteiger charge is -2.30. The molecule has 3 aliphatic carbocycles. The highest BCUT2D eigenvalue weighted by Crippen LogP contribution is 2.46. The van der Waals surface area contributed by atoms with Crippen molar-refractivity contribution >= 4 is 39.4 Å². The maximum atomic E-state index is 14.7. The Hall–Kier alpha value is -5.44. The number of rotatable bonds is 7. The molecule has 0 radical (unpaired) electrons. The van der Waals surface area contributed by atoms with Gasteiger partial charge in [0.15, 0.2) is 0 Å². The number of aryl methyl sites for hydroxylation is 2. The van der Waals surface area contributed by atoms with Crippen LogP contribution in [-0.4, -0.2) is 88.1 Å². The van der Waals surface area contributed by atoms with Gasteiger partial charge in [0.05, 0.1) is 23.2 Å². The van der Waals surface area contributed by atoms with Gasteiger partial charge in [-0.2, -0.15) is 0 Å². The Labute approximate surface area is 325 Å². The van der Waals surface area contributed by atoms with Crippen molar-refractivity contribution in [1.29, 1.82) is 0 Å². The fourth-order valence-corrected chi connectivity index (χ4v) is 9.40. The molecule has 3 N–H and O–H groups in total. The Morgan fingerprint density at radius 1 is 0.964 bits per heavy atom. The van der Waals surface area contributed by atoms with E-state index < -0.39 is 68.5 Å². The van der Waals surface area contributed by atoms with Gasteiger partial charge >= 0.3 is 0 Å². The summed E-state index contributed by atoms with van der Waals surface area (Å²) in [5, 5.41) is 9.78. The van der Waals surface area contributed by atoms with Crippen LogP contribution >= 0.6 is 0 Å². The second kappa shape index (κ2) is 14.9. The first kappa shape index (κ1) is 37.5. The van der Waals surface area contributed by atoms with E-state index in [0.29, 0.717) is 49.2 Å². The fourth-order valence-electron chi connectivity index (χ4n) is 8.04. The van der Waals surface area contributed by atoms with Crippen LogP contribution in [0.3, 0.4) is 0 Å². The lowest BCUT2D eigenvalue weighted by Crippen LogP contribution is -2.58. The number of benzene rings is 2. The molecule has 0 spiro atoms.